The fraction of sp³-hybridized carbons (Fsp3) is 0.385. The highest BCUT2D eigenvalue weighted by Crippen LogP contribution is 2.26. The number of rotatable bonds is 1. The van der Waals surface area contributed by atoms with Gasteiger partial charge in [-0.3, -0.25) is 0 Å². The normalized spacial score (nSPS) is 16.8. The number of aromatic nitrogens is 2. The summed E-state index contributed by atoms with van der Waals surface area (Å²) >= 11 is 8.04. The molecule has 0 unspecified atom stereocenters. The third kappa shape index (κ3) is 2.40. The van der Waals surface area contributed by atoms with Gasteiger partial charge in [-0.2, -0.15) is 16.7 Å². The molecule has 0 atom stereocenters. The van der Waals surface area contributed by atoms with Crippen LogP contribution in [0.3, 0.4) is 0 Å². The Balaban J connectivity index is 2.08. The van der Waals surface area contributed by atoms with Gasteiger partial charge in [0.2, 0.25) is 5.28 Å². The molecule has 0 saturated carbocycles. The van der Waals surface area contributed by atoms with Crippen LogP contribution in [0.2, 0.25) is 5.28 Å². The number of hydrogen-bond donors (Lipinski definition) is 0. The standard InChI is InChI=1S/C13H14ClN3S/c14-13-15-11-5-2-1-4-10(11)12(16-13)17-6-3-8-18-9-7-17/h1-2,4-5H,3,6-9H2. The lowest BCUT2D eigenvalue weighted by atomic mass is 10.2. The molecule has 94 valence electrons. The molecule has 5 heteroatoms. The molecular weight excluding hydrogens is 266 g/mol. The highest BCUT2D eigenvalue weighted by Gasteiger charge is 2.15. The molecule has 0 bridgehead atoms. The maximum atomic E-state index is 6.03. The summed E-state index contributed by atoms with van der Waals surface area (Å²) in [5.74, 6) is 3.36. The van der Waals surface area contributed by atoms with Gasteiger partial charge < -0.3 is 4.90 Å². The topological polar surface area (TPSA) is 29.0 Å². The Labute approximate surface area is 116 Å². The van der Waals surface area contributed by atoms with E-state index in [1.54, 1.807) is 0 Å². The van der Waals surface area contributed by atoms with Gasteiger partial charge in [0.25, 0.3) is 0 Å². The number of halogens is 1. The van der Waals surface area contributed by atoms with Crippen LogP contribution in [0.4, 0.5) is 5.82 Å². The Morgan fingerprint density at radius 1 is 1.11 bits per heavy atom. The van der Waals surface area contributed by atoms with E-state index < -0.39 is 0 Å². The molecule has 1 aliphatic heterocycles. The highest BCUT2D eigenvalue weighted by molar-refractivity contribution is 7.99. The quantitative estimate of drug-likeness (QED) is 0.750. The fourth-order valence-corrected chi connectivity index (χ4v) is 3.29. The van der Waals surface area contributed by atoms with Crippen LogP contribution in [0.5, 0.6) is 0 Å². The van der Waals surface area contributed by atoms with Crippen LogP contribution in [0.1, 0.15) is 6.42 Å². The average Bonchev–Trinajstić information content (AvgIpc) is 2.66. The molecule has 3 rings (SSSR count). The lowest BCUT2D eigenvalue weighted by Gasteiger charge is -2.22. The number of fused-ring (bicyclic) bond motifs is 1. The number of para-hydroxylation sites is 1. The first-order valence-electron chi connectivity index (χ1n) is 6.09. The van der Waals surface area contributed by atoms with Gasteiger partial charge in [0.1, 0.15) is 5.82 Å². The predicted octanol–water partition coefficient (Wildman–Crippen LogP) is 3.23. The summed E-state index contributed by atoms with van der Waals surface area (Å²) in [7, 11) is 0. The van der Waals surface area contributed by atoms with E-state index in [0.29, 0.717) is 5.28 Å². The second-order valence-corrected chi connectivity index (χ2v) is 5.85. The zero-order chi connectivity index (χ0) is 12.4. The van der Waals surface area contributed by atoms with Gasteiger partial charge in [0.15, 0.2) is 0 Å². The largest absolute Gasteiger partial charge is 0.355 e. The van der Waals surface area contributed by atoms with Crippen molar-refractivity contribution in [3.63, 3.8) is 0 Å². The molecular formula is C13H14ClN3S. The Hall–Kier alpha value is -1.00. The van der Waals surface area contributed by atoms with E-state index in [9.17, 15) is 0 Å². The molecule has 2 heterocycles. The van der Waals surface area contributed by atoms with Gasteiger partial charge in [-0.05, 0) is 35.9 Å². The Morgan fingerprint density at radius 2 is 2.00 bits per heavy atom. The second kappa shape index (κ2) is 5.33. The first-order valence-corrected chi connectivity index (χ1v) is 7.63. The van der Waals surface area contributed by atoms with Crippen molar-refractivity contribution in [2.75, 3.05) is 29.5 Å². The molecule has 0 N–H and O–H groups in total. The molecule has 3 nitrogen and oxygen atoms in total. The minimum atomic E-state index is 0.334. The molecule has 1 saturated heterocycles. The van der Waals surface area contributed by atoms with E-state index >= 15 is 0 Å². The van der Waals surface area contributed by atoms with Crippen molar-refractivity contribution in [1.82, 2.24) is 9.97 Å². The summed E-state index contributed by atoms with van der Waals surface area (Å²) in [4.78, 5) is 11.0. The van der Waals surface area contributed by atoms with Crippen molar-refractivity contribution in [2.45, 2.75) is 6.42 Å². The number of anilines is 1. The van der Waals surface area contributed by atoms with E-state index in [0.717, 1.165) is 35.6 Å². The smallest absolute Gasteiger partial charge is 0.224 e. The molecule has 2 aromatic rings. The third-order valence-corrected chi connectivity index (χ3v) is 4.30. The third-order valence-electron chi connectivity index (χ3n) is 3.08. The van der Waals surface area contributed by atoms with Crippen LogP contribution in [-0.4, -0.2) is 34.6 Å². The first-order chi connectivity index (χ1) is 8.84. The Kier molecular flexibility index (Phi) is 3.57. The van der Waals surface area contributed by atoms with Crippen LogP contribution in [0.25, 0.3) is 10.9 Å². The first kappa shape index (κ1) is 12.1. The molecule has 1 fully saturated rings. The van der Waals surface area contributed by atoms with Gasteiger partial charge >= 0.3 is 0 Å². The van der Waals surface area contributed by atoms with Crippen molar-refractivity contribution >= 4 is 40.1 Å². The van der Waals surface area contributed by atoms with Crippen molar-refractivity contribution < 1.29 is 0 Å². The monoisotopic (exact) mass is 279 g/mol. The van der Waals surface area contributed by atoms with Crippen LogP contribution in [-0.2, 0) is 0 Å². The zero-order valence-corrected chi connectivity index (χ0v) is 11.5. The van der Waals surface area contributed by atoms with Gasteiger partial charge in [0.05, 0.1) is 5.52 Å². The SMILES string of the molecule is Clc1nc(N2CCCSCC2)c2ccccc2n1. The van der Waals surface area contributed by atoms with Gasteiger partial charge in [0, 0.05) is 24.2 Å². The number of hydrogen-bond acceptors (Lipinski definition) is 4. The zero-order valence-electron chi connectivity index (χ0n) is 9.97. The average molecular weight is 280 g/mol. The van der Waals surface area contributed by atoms with E-state index in [1.807, 2.05) is 30.0 Å². The minimum Gasteiger partial charge on any atom is -0.355 e. The van der Waals surface area contributed by atoms with Crippen molar-refractivity contribution in [2.24, 2.45) is 0 Å². The van der Waals surface area contributed by atoms with E-state index in [2.05, 4.69) is 20.9 Å². The van der Waals surface area contributed by atoms with Gasteiger partial charge in [-0.1, -0.05) is 12.1 Å². The summed E-state index contributed by atoms with van der Waals surface area (Å²) in [6.07, 6.45) is 1.20. The second-order valence-electron chi connectivity index (χ2n) is 4.29. The maximum Gasteiger partial charge on any atom is 0.224 e. The van der Waals surface area contributed by atoms with Crippen LogP contribution in [0.15, 0.2) is 24.3 Å². The molecule has 1 aromatic heterocycles. The van der Waals surface area contributed by atoms with Crippen LogP contribution < -0.4 is 4.90 Å². The molecule has 1 aromatic carbocycles. The van der Waals surface area contributed by atoms with Crippen molar-refractivity contribution in [3.8, 4) is 0 Å². The van der Waals surface area contributed by atoms with Gasteiger partial charge in [-0.25, -0.2) is 4.98 Å². The van der Waals surface area contributed by atoms with Crippen molar-refractivity contribution in [1.29, 1.82) is 0 Å². The summed E-state index contributed by atoms with van der Waals surface area (Å²) in [6, 6.07) is 8.06. The predicted molar refractivity (Wildman–Crippen MR) is 78.7 cm³/mol. The van der Waals surface area contributed by atoms with Gasteiger partial charge in [-0.15, -0.1) is 0 Å². The molecule has 0 radical (unpaired) electrons. The number of benzene rings is 1. The van der Waals surface area contributed by atoms with E-state index in [-0.39, 0.29) is 0 Å². The van der Waals surface area contributed by atoms with Crippen LogP contribution >= 0.6 is 23.4 Å². The fourth-order valence-electron chi connectivity index (χ4n) is 2.23. The summed E-state index contributed by atoms with van der Waals surface area (Å²) in [5, 5.41) is 1.43. The molecule has 1 aliphatic rings. The molecule has 0 amide bonds. The molecule has 18 heavy (non-hydrogen) atoms. The summed E-state index contributed by atoms with van der Waals surface area (Å²) in [5.41, 5.74) is 0.921. The molecule has 0 aliphatic carbocycles. The Morgan fingerprint density at radius 3 is 2.94 bits per heavy atom. The summed E-state index contributed by atoms with van der Waals surface area (Å²) < 4.78 is 0. The minimum absolute atomic E-state index is 0.334. The summed E-state index contributed by atoms with van der Waals surface area (Å²) in [6.45, 7) is 2.08. The lowest BCUT2D eigenvalue weighted by molar-refractivity contribution is 0.804. The van der Waals surface area contributed by atoms with Crippen LogP contribution in [0, 0.1) is 0 Å². The maximum absolute atomic E-state index is 6.03. The highest BCUT2D eigenvalue weighted by atomic mass is 35.5. The lowest BCUT2D eigenvalue weighted by Crippen LogP contribution is -2.26. The molecule has 0 spiro atoms. The Bertz CT molecular complexity index is 553. The number of thioether (sulfide) groups is 1. The van der Waals surface area contributed by atoms with E-state index in [4.69, 9.17) is 11.6 Å². The number of nitrogens with zero attached hydrogens (tertiary/aromatic N) is 3. The van der Waals surface area contributed by atoms with Crippen molar-refractivity contribution in [3.05, 3.63) is 29.5 Å². The van der Waals surface area contributed by atoms with E-state index in [1.165, 1.54) is 12.2 Å².